The molecule has 1 unspecified atom stereocenters. The van der Waals surface area contributed by atoms with Crippen molar-refractivity contribution in [1.82, 2.24) is 9.78 Å². The fraction of sp³-hybridized carbons (Fsp3) is 0.852. The molecule has 4 aliphatic carbocycles. The second-order valence-corrected chi connectivity index (χ2v) is 12.1. The molecule has 184 valence electrons. The van der Waals surface area contributed by atoms with Gasteiger partial charge >= 0.3 is 6.18 Å². The maximum Gasteiger partial charge on any atom is 0.435 e. The molecule has 0 spiro atoms. The van der Waals surface area contributed by atoms with E-state index in [1.54, 1.807) is 0 Å². The molecule has 0 aliphatic heterocycles. The molecule has 1 aromatic heterocycles. The highest BCUT2D eigenvalue weighted by Gasteiger charge is 2.61. The molecule has 9 atom stereocenters. The highest BCUT2D eigenvalue weighted by Crippen LogP contribution is 2.66. The monoisotopic (exact) mass is 464 g/mol. The number of Topliss-reactive ketones (excluding diaryl/α,β-unsaturated/α-hetero) is 1. The van der Waals surface area contributed by atoms with Crippen molar-refractivity contribution in [2.45, 2.75) is 91.3 Å². The molecule has 0 amide bonds. The number of carbonyl (C=O) groups excluding carboxylic acids is 1. The Balaban J connectivity index is 1.35. The Bertz CT molecular complexity index is 879. The molecule has 0 N–H and O–H groups in total. The van der Waals surface area contributed by atoms with Crippen molar-refractivity contribution in [1.29, 1.82) is 0 Å². The minimum absolute atomic E-state index is 0.0201. The van der Waals surface area contributed by atoms with E-state index >= 15 is 0 Å². The largest absolute Gasteiger partial charge is 0.435 e. The van der Waals surface area contributed by atoms with Crippen LogP contribution >= 0.6 is 0 Å². The molecule has 6 heteroatoms. The van der Waals surface area contributed by atoms with Crippen LogP contribution < -0.4 is 0 Å². The second kappa shape index (κ2) is 8.41. The topological polar surface area (TPSA) is 34.9 Å². The van der Waals surface area contributed by atoms with E-state index in [0.29, 0.717) is 11.8 Å². The van der Waals surface area contributed by atoms with Gasteiger partial charge in [-0.15, -0.1) is 0 Å². The molecular formula is C27H39F3N2O. The zero-order chi connectivity index (χ0) is 23.5. The van der Waals surface area contributed by atoms with Crippen LogP contribution in [0.25, 0.3) is 0 Å². The highest BCUT2D eigenvalue weighted by molar-refractivity contribution is 5.82. The number of hydrogen-bond acceptors (Lipinski definition) is 2. The lowest BCUT2D eigenvalue weighted by molar-refractivity contribution is -0.142. The summed E-state index contributed by atoms with van der Waals surface area (Å²) >= 11 is 0. The van der Waals surface area contributed by atoms with E-state index in [0.717, 1.165) is 54.9 Å². The number of aromatic nitrogens is 2. The van der Waals surface area contributed by atoms with Crippen LogP contribution in [0.3, 0.4) is 0 Å². The first-order valence-corrected chi connectivity index (χ1v) is 13.2. The summed E-state index contributed by atoms with van der Waals surface area (Å²) < 4.78 is 40.1. The number of rotatable bonds is 4. The van der Waals surface area contributed by atoms with Gasteiger partial charge in [0.1, 0.15) is 0 Å². The number of nitrogens with zero attached hydrogens (tertiary/aromatic N) is 2. The van der Waals surface area contributed by atoms with E-state index in [-0.39, 0.29) is 23.7 Å². The first kappa shape index (κ1) is 23.4. The van der Waals surface area contributed by atoms with E-state index < -0.39 is 11.9 Å². The number of carbonyl (C=O) groups is 1. The normalized spacial score (nSPS) is 43.0. The van der Waals surface area contributed by atoms with Gasteiger partial charge in [0.2, 0.25) is 0 Å². The summed E-state index contributed by atoms with van der Waals surface area (Å²) in [5.74, 6) is 5.35. The Hall–Kier alpha value is -1.33. The molecule has 5 rings (SSSR count). The molecule has 0 radical (unpaired) electrons. The third-order valence-corrected chi connectivity index (χ3v) is 10.5. The van der Waals surface area contributed by atoms with Crippen molar-refractivity contribution >= 4 is 5.78 Å². The van der Waals surface area contributed by atoms with Gasteiger partial charge in [-0.3, -0.25) is 9.48 Å². The van der Waals surface area contributed by atoms with Crippen LogP contribution in [0.2, 0.25) is 0 Å². The van der Waals surface area contributed by atoms with Gasteiger partial charge in [-0.1, -0.05) is 33.6 Å². The lowest BCUT2D eigenvalue weighted by Gasteiger charge is -2.57. The Morgan fingerprint density at radius 2 is 1.88 bits per heavy atom. The summed E-state index contributed by atoms with van der Waals surface area (Å²) in [5.41, 5.74) is -0.940. The fourth-order valence-corrected chi connectivity index (χ4v) is 9.17. The average Bonchev–Trinajstić information content (AvgIpc) is 3.35. The van der Waals surface area contributed by atoms with Crippen LogP contribution in [0.4, 0.5) is 13.2 Å². The van der Waals surface area contributed by atoms with Gasteiger partial charge in [0, 0.05) is 12.1 Å². The van der Waals surface area contributed by atoms with Crippen molar-refractivity contribution in [3.05, 3.63) is 18.0 Å². The quantitative estimate of drug-likeness (QED) is 0.480. The number of fused-ring (bicyclic) bond motifs is 5. The first-order valence-electron chi connectivity index (χ1n) is 13.2. The molecule has 0 bridgehead atoms. The predicted molar refractivity (Wildman–Crippen MR) is 121 cm³/mol. The van der Waals surface area contributed by atoms with Gasteiger partial charge < -0.3 is 0 Å². The van der Waals surface area contributed by atoms with Crippen molar-refractivity contribution in [2.75, 3.05) is 0 Å². The van der Waals surface area contributed by atoms with Gasteiger partial charge in [0.15, 0.2) is 11.5 Å². The van der Waals surface area contributed by atoms with E-state index in [4.69, 9.17) is 0 Å². The molecule has 33 heavy (non-hydrogen) atoms. The SMILES string of the molecule is CC[C@@H]1C[C@H](C(=O)Cn2ccc(C(F)(F)F)n2)[C@@]2(C)CCC3[C@H]4CC[C@H](C)C[C@H]4CC[C@H]3[C@H]12. The minimum atomic E-state index is -4.47. The van der Waals surface area contributed by atoms with Crippen molar-refractivity contribution < 1.29 is 18.0 Å². The summed E-state index contributed by atoms with van der Waals surface area (Å²) in [5, 5.41) is 3.65. The van der Waals surface area contributed by atoms with Crippen LogP contribution in [-0.2, 0) is 17.5 Å². The maximum atomic E-state index is 13.5. The molecule has 0 saturated heterocycles. The van der Waals surface area contributed by atoms with Crippen LogP contribution in [0.1, 0.15) is 84.3 Å². The number of halogens is 3. The van der Waals surface area contributed by atoms with Crippen LogP contribution in [0, 0.1) is 52.8 Å². The molecule has 4 fully saturated rings. The van der Waals surface area contributed by atoms with Crippen molar-refractivity contribution in [3.63, 3.8) is 0 Å². The van der Waals surface area contributed by atoms with Gasteiger partial charge in [0.05, 0.1) is 6.54 Å². The lowest BCUT2D eigenvalue weighted by atomic mass is 9.48. The Morgan fingerprint density at radius 1 is 1.12 bits per heavy atom. The fourth-order valence-electron chi connectivity index (χ4n) is 9.17. The third-order valence-electron chi connectivity index (χ3n) is 10.5. The van der Waals surface area contributed by atoms with Crippen molar-refractivity contribution in [2.24, 2.45) is 52.8 Å². The molecule has 0 aromatic carbocycles. The maximum absolute atomic E-state index is 13.5. The van der Waals surface area contributed by atoms with Crippen LogP contribution in [0.15, 0.2) is 12.3 Å². The third kappa shape index (κ3) is 3.97. The van der Waals surface area contributed by atoms with Gasteiger partial charge in [-0.25, -0.2) is 0 Å². The van der Waals surface area contributed by atoms with E-state index in [2.05, 4.69) is 25.9 Å². The lowest BCUT2D eigenvalue weighted by Crippen LogP contribution is -2.50. The Kier molecular flexibility index (Phi) is 5.96. The first-order chi connectivity index (χ1) is 15.6. The van der Waals surface area contributed by atoms with Gasteiger partial charge in [-0.2, -0.15) is 18.3 Å². The summed E-state index contributed by atoms with van der Waals surface area (Å²) in [6, 6.07) is 0.968. The molecule has 4 aliphatic rings. The highest BCUT2D eigenvalue weighted by atomic mass is 19.4. The predicted octanol–water partition coefficient (Wildman–Crippen LogP) is 7.01. The zero-order valence-electron chi connectivity index (χ0n) is 20.3. The summed E-state index contributed by atoms with van der Waals surface area (Å²) in [4.78, 5) is 13.5. The second-order valence-electron chi connectivity index (χ2n) is 12.1. The summed E-state index contributed by atoms with van der Waals surface area (Å²) in [6.45, 7) is 6.97. The van der Waals surface area contributed by atoms with E-state index in [1.807, 2.05) is 0 Å². The Morgan fingerprint density at radius 3 is 2.58 bits per heavy atom. The van der Waals surface area contributed by atoms with Crippen molar-refractivity contribution in [3.8, 4) is 0 Å². The van der Waals surface area contributed by atoms with E-state index in [1.165, 1.54) is 49.4 Å². The summed E-state index contributed by atoms with van der Waals surface area (Å²) in [7, 11) is 0. The van der Waals surface area contributed by atoms with Gasteiger partial charge in [0.25, 0.3) is 0 Å². The van der Waals surface area contributed by atoms with Crippen LogP contribution in [-0.4, -0.2) is 15.6 Å². The standard InChI is InChI=1S/C27H39F3N2O/c1-4-17-14-22(23(33)15-32-12-10-24(31-32)27(28,29)30)26(3)11-9-20-19-7-5-16(2)13-18(19)6-8-21(20)25(17)26/h10,12,16-22,25H,4-9,11,13-15H2,1-3H3/t16-,17+,18+,19-,20?,21+,22+,25-,26+/m0/s1. The number of alkyl halides is 3. The number of ketones is 1. The molecule has 1 heterocycles. The molecular weight excluding hydrogens is 425 g/mol. The average molecular weight is 465 g/mol. The Labute approximate surface area is 195 Å². The minimum Gasteiger partial charge on any atom is -0.297 e. The molecule has 3 nitrogen and oxygen atoms in total. The zero-order valence-corrected chi connectivity index (χ0v) is 20.3. The summed E-state index contributed by atoms with van der Waals surface area (Å²) in [6.07, 6.45) is 7.97. The van der Waals surface area contributed by atoms with Gasteiger partial charge in [-0.05, 0) is 97.9 Å². The number of hydrogen-bond donors (Lipinski definition) is 0. The smallest absolute Gasteiger partial charge is 0.297 e. The van der Waals surface area contributed by atoms with Crippen LogP contribution in [0.5, 0.6) is 0 Å². The molecule has 4 saturated carbocycles. The van der Waals surface area contributed by atoms with E-state index in [9.17, 15) is 18.0 Å². The molecule has 1 aromatic rings.